The number of nitrogens with two attached hydrogens (primary N) is 1. The second-order valence-electron chi connectivity index (χ2n) is 6.92. The Balaban J connectivity index is 1.47. The van der Waals surface area contributed by atoms with Crippen molar-refractivity contribution in [1.29, 1.82) is 0 Å². The lowest BCUT2D eigenvalue weighted by atomic mass is 10.1. The maximum absolute atomic E-state index is 12.4. The lowest BCUT2D eigenvalue weighted by Crippen LogP contribution is -2.25. The first-order valence-electron chi connectivity index (χ1n) is 9.74. The molecule has 1 amide bonds. The number of nitrogens with zero attached hydrogens (tertiary/aromatic N) is 4. The first kappa shape index (κ1) is 21.1. The average molecular weight is 451 g/mol. The minimum Gasteiger partial charge on any atom is -0.375 e. The zero-order valence-electron chi connectivity index (χ0n) is 17.0. The van der Waals surface area contributed by atoms with Gasteiger partial charge in [0.2, 0.25) is 5.91 Å². The van der Waals surface area contributed by atoms with Crippen molar-refractivity contribution >= 4 is 34.1 Å². The number of nitrogens with one attached hydrogen (secondary N) is 1. The lowest BCUT2D eigenvalue weighted by Gasteiger charge is -2.10. The number of aryl methyl sites for hydroxylation is 1. The Morgan fingerprint density at radius 2 is 1.90 bits per heavy atom. The molecule has 0 bridgehead atoms. The van der Waals surface area contributed by atoms with Crippen LogP contribution in [0, 0.1) is 6.92 Å². The van der Waals surface area contributed by atoms with E-state index >= 15 is 0 Å². The number of hydrogen-bond acceptors (Lipinski definition) is 7. The van der Waals surface area contributed by atoms with E-state index in [0.29, 0.717) is 23.3 Å². The third kappa shape index (κ3) is 5.31. The van der Waals surface area contributed by atoms with Gasteiger partial charge in [0.15, 0.2) is 10.3 Å². The van der Waals surface area contributed by atoms with Crippen LogP contribution in [0.25, 0.3) is 5.69 Å². The molecule has 0 aliphatic heterocycles. The third-order valence-corrected chi connectivity index (χ3v) is 6.34. The summed E-state index contributed by atoms with van der Waals surface area (Å²) in [6.07, 6.45) is 0.510. The van der Waals surface area contributed by atoms with Crippen LogP contribution < -0.4 is 11.1 Å². The van der Waals surface area contributed by atoms with Crippen LogP contribution in [-0.4, -0.2) is 31.4 Å². The zero-order valence-corrected chi connectivity index (χ0v) is 18.6. The lowest BCUT2D eigenvalue weighted by molar-refractivity contribution is -0.118. The number of amides is 1. The number of aromatic nitrogens is 4. The van der Waals surface area contributed by atoms with E-state index in [1.54, 1.807) is 0 Å². The highest BCUT2D eigenvalue weighted by molar-refractivity contribution is 7.99. The van der Waals surface area contributed by atoms with Gasteiger partial charge < -0.3 is 11.1 Å². The molecule has 4 aromatic rings. The summed E-state index contributed by atoms with van der Waals surface area (Å²) in [4.78, 5) is 16.8. The number of carbonyl (C=O) groups is 1. The predicted molar refractivity (Wildman–Crippen MR) is 124 cm³/mol. The van der Waals surface area contributed by atoms with Crippen molar-refractivity contribution < 1.29 is 4.79 Å². The molecule has 158 valence electrons. The monoisotopic (exact) mass is 450 g/mol. The molecule has 0 aliphatic carbocycles. The molecule has 0 aliphatic rings. The van der Waals surface area contributed by atoms with Gasteiger partial charge in [-0.25, -0.2) is 4.98 Å². The largest absolute Gasteiger partial charge is 0.375 e. The summed E-state index contributed by atoms with van der Waals surface area (Å²) in [6, 6.07) is 17.9. The van der Waals surface area contributed by atoms with E-state index in [9.17, 15) is 4.79 Å². The van der Waals surface area contributed by atoms with E-state index in [1.165, 1.54) is 23.1 Å². The quantitative estimate of drug-likeness (QED) is 0.398. The Hall–Kier alpha value is -3.17. The van der Waals surface area contributed by atoms with Gasteiger partial charge in [0, 0.05) is 17.6 Å². The minimum atomic E-state index is -0.0512. The molecule has 0 fully saturated rings. The summed E-state index contributed by atoms with van der Waals surface area (Å²) in [6.45, 7) is 2.55. The van der Waals surface area contributed by atoms with Crippen LogP contribution in [0.2, 0.25) is 0 Å². The Bertz CT molecular complexity index is 1170. The van der Waals surface area contributed by atoms with E-state index in [-0.39, 0.29) is 11.7 Å². The fraction of sp³-hybridized carbons (Fsp3) is 0.182. The highest BCUT2D eigenvalue weighted by Crippen LogP contribution is 2.24. The smallest absolute Gasteiger partial charge is 0.230 e. The van der Waals surface area contributed by atoms with Crippen molar-refractivity contribution in [2.45, 2.75) is 25.0 Å². The van der Waals surface area contributed by atoms with Crippen LogP contribution in [-0.2, 0) is 17.8 Å². The van der Waals surface area contributed by atoms with E-state index in [1.807, 2.05) is 71.5 Å². The number of rotatable bonds is 8. The summed E-state index contributed by atoms with van der Waals surface area (Å²) in [5, 5.41) is 14.8. The predicted octanol–water partition coefficient (Wildman–Crippen LogP) is 3.61. The molecule has 0 unspecified atom stereocenters. The zero-order chi connectivity index (χ0) is 21.6. The summed E-state index contributed by atoms with van der Waals surface area (Å²) < 4.78 is 1.97. The molecule has 0 atom stereocenters. The molecule has 2 aromatic heterocycles. The molecule has 2 heterocycles. The van der Waals surface area contributed by atoms with Crippen molar-refractivity contribution in [2.24, 2.45) is 0 Å². The Morgan fingerprint density at radius 1 is 1.13 bits per heavy atom. The van der Waals surface area contributed by atoms with Crippen molar-refractivity contribution in [3.63, 3.8) is 0 Å². The number of thioether (sulfide) groups is 1. The molecular formula is C22H22N6OS2. The number of anilines is 1. The van der Waals surface area contributed by atoms with Gasteiger partial charge in [-0.15, -0.1) is 21.5 Å². The number of thiazole rings is 1. The number of carbonyl (C=O) groups excluding carboxylic acids is 1. The van der Waals surface area contributed by atoms with E-state index < -0.39 is 0 Å². The summed E-state index contributed by atoms with van der Waals surface area (Å²) in [5.74, 6) is 0.949. The molecule has 0 spiro atoms. The van der Waals surface area contributed by atoms with Gasteiger partial charge in [-0.3, -0.25) is 9.36 Å². The van der Waals surface area contributed by atoms with Gasteiger partial charge in [0.1, 0.15) is 5.82 Å². The maximum Gasteiger partial charge on any atom is 0.230 e. The average Bonchev–Trinajstić information content (AvgIpc) is 3.38. The standard InChI is InChI=1S/C22H22N6OS2/c1-15-7-5-6-8-16(15)12-24-20(29)14-31-22-27-26-19(11-17-13-30-21(23)25-17)28(22)18-9-3-2-4-10-18/h2-10,13H,11-12,14H2,1H3,(H2,23,25)(H,24,29). The normalized spacial score (nSPS) is 10.9. The van der Waals surface area contributed by atoms with Gasteiger partial charge >= 0.3 is 0 Å². The van der Waals surface area contributed by atoms with Gasteiger partial charge in [-0.05, 0) is 30.2 Å². The Morgan fingerprint density at radius 3 is 2.65 bits per heavy atom. The fourth-order valence-electron chi connectivity index (χ4n) is 3.09. The topological polar surface area (TPSA) is 98.7 Å². The molecule has 4 rings (SSSR count). The van der Waals surface area contributed by atoms with Crippen LogP contribution in [0.1, 0.15) is 22.6 Å². The van der Waals surface area contributed by atoms with Crippen molar-refractivity contribution in [1.82, 2.24) is 25.1 Å². The molecule has 0 saturated heterocycles. The number of benzene rings is 2. The first-order chi connectivity index (χ1) is 15.1. The summed E-state index contributed by atoms with van der Waals surface area (Å²) in [5.41, 5.74) is 9.82. The van der Waals surface area contributed by atoms with Gasteiger partial charge in [-0.1, -0.05) is 54.2 Å². The van der Waals surface area contributed by atoms with E-state index in [2.05, 4.69) is 20.5 Å². The van der Waals surface area contributed by atoms with Crippen LogP contribution in [0.15, 0.2) is 65.1 Å². The number of hydrogen-bond donors (Lipinski definition) is 2. The van der Waals surface area contributed by atoms with Crippen molar-refractivity contribution in [3.8, 4) is 5.69 Å². The van der Waals surface area contributed by atoms with E-state index in [4.69, 9.17) is 5.73 Å². The van der Waals surface area contributed by atoms with Gasteiger partial charge in [-0.2, -0.15) is 0 Å². The van der Waals surface area contributed by atoms with Crippen LogP contribution in [0.3, 0.4) is 0 Å². The molecule has 7 nitrogen and oxygen atoms in total. The fourth-order valence-corrected chi connectivity index (χ4v) is 4.46. The van der Waals surface area contributed by atoms with Crippen LogP contribution in [0.4, 0.5) is 5.13 Å². The second kappa shape index (κ2) is 9.76. The molecule has 31 heavy (non-hydrogen) atoms. The minimum absolute atomic E-state index is 0.0512. The summed E-state index contributed by atoms with van der Waals surface area (Å²) in [7, 11) is 0. The molecule has 0 saturated carbocycles. The van der Waals surface area contributed by atoms with Gasteiger partial charge in [0.25, 0.3) is 0 Å². The number of para-hydroxylation sites is 1. The van der Waals surface area contributed by atoms with Crippen LogP contribution in [0.5, 0.6) is 0 Å². The summed E-state index contributed by atoms with van der Waals surface area (Å²) >= 11 is 2.76. The SMILES string of the molecule is Cc1ccccc1CNC(=O)CSc1nnc(Cc2csc(N)n2)n1-c1ccccc1. The Labute approximate surface area is 188 Å². The molecule has 2 aromatic carbocycles. The second-order valence-corrected chi connectivity index (χ2v) is 8.75. The van der Waals surface area contributed by atoms with Crippen molar-refractivity contribution in [2.75, 3.05) is 11.5 Å². The molecule has 0 radical (unpaired) electrons. The van der Waals surface area contributed by atoms with Crippen LogP contribution >= 0.6 is 23.1 Å². The molecule has 9 heteroatoms. The van der Waals surface area contributed by atoms with Gasteiger partial charge in [0.05, 0.1) is 17.9 Å². The number of nitrogen functional groups attached to an aromatic ring is 1. The highest BCUT2D eigenvalue weighted by Gasteiger charge is 2.17. The third-order valence-electron chi connectivity index (χ3n) is 4.69. The Kier molecular flexibility index (Phi) is 6.63. The highest BCUT2D eigenvalue weighted by atomic mass is 32.2. The maximum atomic E-state index is 12.4. The van der Waals surface area contributed by atoms with E-state index in [0.717, 1.165) is 28.3 Å². The first-order valence-corrected chi connectivity index (χ1v) is 11.6. The molecular weight excluding hydrogens is 428 g/mol. The molecule has 3 N–H and O–H groups in total. The van der Waals surface area contributed by atoms with Crippen molar-refractivity contribution in [3.05, 3.63) is 82.6 Å².